The summed E-state index contributed by atoms with van der Waals surface area (Å²) in [6, 6.07) is 4.51. The number of fused-ring (bicyclic) bond motifs is 2. The molecule has 0 bridgehead atoms. The van der Waals surface area contributed by atoms with Gasteiger partial charge in [0.15, 0.2) is 0 Å². The van der Waals surface area contributed by atoms with Gasteiger partial charge in [0.05, 0.1) is 31.2 Å². The van der Waals surface area contributed by atoms with E-state index >= 15 is 0 Å². The third-order valence-electron chi connectivity index (χ3n) is 5.43. The number of urea groups is 1. The van der Waals surface area contributed by atoms with Crippen molar-refractivity contribution in [1.82, 2.24) is 10.2 Å². The third-order valence-corrected chi connectivity index (χ3v) is 5.43. The van der Waals surface area contributed by atoms with Crippen molar-refractivity contribution in [2.45, 2.75) is 50.9 Å². The van der Waals surface area contributed by atoms with E-state index in [0.29, 0.717) is 36.4 Å². The Balaban J connectivity index is 1.74. The van der Waals surface area contributed by atoms with Crippen LogP contribution in [-0.4, -0.2) is 68.4 Å². The molecule has 1 aromatic rings. The molecule has 1 fully saturated rings. The van der Waals surface area contributed by atoms with Crippen molar-refractivity contribution in [2.75, 3.05) is 32.6 Å². The van der Waals surface area contributed by atoms with Crippen molar-refractivity contribution in [3.8, 4) is 5.75 Å². The fourth-order valence-electron chi connectivity index (χ4n) is 3.79. The van der Waals surface area contributed by atoms with Crippen LogP contribution in [0.25, 0.3) is 0 Å². The number of likely N-dealkylation sites (N-methyl/N-ethyl adjacent to an activating group) is 1. The van der Waals surface area contributed by atoms with E-state index in [2.05, 4.69) is 10.6 Å². The van der Waals surface area contributed by atoms with Gasteiger partial charge in [0.1, 0.15) is 18.5 Å². The molecule has 0 radical (unpaired) electrons. The molecule has 164 valence electrons. The predicted molar refractivity (Wildman–Crippen MR) is 110 cm³/mol. The van der Waals surface area contributed by atoms with Gasteiger partial charge in [0.25, 0.3) is 5.91 Å². The van der Waals surface area contributed by atoms with E-state index in [9.17, 15) is 14.4 Å². The van der Waals surface area contributed by atoms with E-state index in [1.807, 2.05) is 6.92 Å². The van der Waals surface area contributed by atoms with Gasteiger partial charge in [-0.2, -0.15) is 0 Å². The summed E-state index contributed by atoms with van der Waals surface area (Å²) < 4.78 is 16.7. The largest absolute Gasteiger partial charge is 0.490 e. The highest BCUT2D eigenvalue weighted by molar-refractivity contribution is 5.99. The molecule has 1 aromatic carbocycles. The Morgan fingerprint density at radius 1 is 1.30 bits per heavy atom. The SMILES string of the molecule is CCCNC(=O)Nc1ccc2c(c1)C(=O)N(C)[C@@H]1CC[C@H](CC(=O)OC)O[C@H]1CO2. The number of nitrogens with zero attached hydrogens (tertiary/aromatic N) is 1. The molecule has 1 saturated heterocycles. The summed E-state index contributed by atoms with van der Waals surface area (Å²) in [5.41, 5.74) is 0.906. The topological polar surface area (TPSA) is 106 Å². The van der Waals surface area contributed by atoms with Crippen molar-refractivity contribution in [3.63, 3.8) is 0 Å². The highest BCUT2D eigenvalue weighted by atomic mass is 16.5. The molecule has 3 rings (SSSR count). The Labute approximate surface area is 176 Å². The number of hydrogen-bond donors (Lipinski definition) is 2. The van der Waals surface area contributed by atoms with Crippen molar-refractivity contribution in [2.24, 2.45) is 0 Å². The Morgan fingerprint density at radius 3 is 2.83 bits per heavy atom. The molecular weight excluding hydrogens is 390 g/mol. The number of benzene rings is 1. The van der Waals surface area contributed by atoms with Gasteiger partial charge in [-0.25, -0.2) is 4.79 Å². The van der Waals surface area contributed by atoms with Crippen LogP contribution in [0.1, 0.15) is 43.0 Å². The fourth-order valence-corrected chi connectivity index (χ4v) is 3.79. The van der Waals surface area contributed by atoms with Crippen LogP contribution in [-0.2, 0) is 14.3 Å². The van der Waals surface area contributed by atoms with Crippen molar-refractivity contribution >= 4 is 23.6 Å². The second-order valence-corrected chi connectivity index (χ2v) is 7.54. The lowest BCUT2D eigenvalue weighted by molar-refractivity contribution is -0.151. The molecule has 0 aromatic heterocycles. The fraction of sp³-hybridized carbons (Fsp3) is 0.571. The van der Waals surface area contributed by atoms with Crippen LogP contribution in [0, 0.1) is 0 Å². The Kier molecular flexibility index (Phi) is 7.15. The number of hydrogen-bond acceptors (Lipinski definition) is 6. The minimum Gasteiger partial charge on any atom is -0.490 e. The average molecular weight is 419 g/mol. The Bertz CT molecular complexity index is 799. The molecule has 30 heavy (non-hydrogen) atoms. The lowest BCUT2D eigenvalue weighted by atomic mass is 9.94. The number of carbonyl (C=O) groups excluding carboxylic acids is 3. The Morgan fingerprint density at radius 2 is 2.10 bits per heavy atom. The monoisotopic (exact) mass is 419 g/mol. The minimum absolute atomic E-state index is 0.163. The van der Waals surface area contributed by atoms with Gasteiger partial charge < -0.3 is 29.7 Å². The van der Waals surface area contributed by atoms with Crippen LogP contribution in [0.4, 0.5) is 10.5 Å². The van der Waals surface area contributed by atoms with Crippen LogP contribution in [0.5, 0.6) is 5.75 Å². The summed E-state index contributed by atoms with van der Waals surface area (Å²) in [4.78, 5) is 38.3. The van der Waals surface area contributed by atoms with Crippen molar-refractivity contribution < 1.29 is 28.6 Å². The predicted octanol–water partition coefficient (Wildman–Crippen LogP) is 2.16. The highest BCUT2D eigenvalue weighted by Crippen LogP contribution is 2.32. The zero-order valence-corrected chi connectivity index (χ0v) is 17.6. The molecule has 3 amide bonds. The first-order valence-electron chi connectivity index (χ1n) is 10.2. The number of methoxy groups -OCH3 is 1. The van der Waals surface area contributed by atoms with E-state index in [4.69, 9.17) is 14.2 Å². The van der Waals surface area contributed by atoms with E-state index in [1.165, 1.54) is 7.11 Å². The smallest absolute Gasteiger partial charge is 0.319 e. The first-order valence-corrected chi connectivity index (χ1v) is 10.2. The van der Waals surface area contributed by atoms with Crippen molar-refractivity contribution in [3.05, 3.63) is 23.8 Å². The van der Waals surface area contributed by atoms with Gasteiger partial charge in [-0.1, -0.05) is 6.92 Å². The number of ether oxygens (including phenoxy) is 3. The average Bonchev–Trinajstić information content (AvgIpc) is 2.75. The highest BCUT2D eigenvalue weighted by Gasteiger charge is 2.39. The molecule has 9 heteroatoms. The lowest BCUT2D eigenvalue weighted by Crippen LogP contribution is -2.53. The minimum atomic E-state index is -0.340. The zero-order chi connectivity index (χ0) is 21.7. The molecule has 2 N–H and O–H groups in total. The van der Waals surface area contributed by atoms with E-state index in [1.54, 1.807) is 30.1 Å². The van der Waals surface area contributed by atoms with Gasteiger partial charge in [-0.15, -0.1) is 0 Å². The second-order valence-electron chi connectivity index (χ2n) is 7.54. The maximum Gasteiger partial charge on any atom is 0.319 e. The molecule has 2 aliphatic heterocycles. The van der Waals surface area contributed by atoms with Gasteiger partial charge in [0, 0.05) is 19.3 Å². The second kappa shape index (κ2) is 9.80. The summed E-state index contributed by atoms with van der Waals surface area (Å²) >= 11 is 0. The summed E-state index contributed by atoms with van der Waals surface area (Å²) in [7, 11) is 3.10. The quantitative estimate of drug-likeness (QED) is 0.709. The number of carbonyl (C=O) groups is 3. The first-order chi connectivity index (χ1) is 14.4. The van der Waals surface area contributed by atoms with E-state index < -0.39 is 0 Å². The number of anilines is 1. The first kappa shape index (κ1) is 21.9. The van der Waals surface area contributed by atoms with Gasteiger partial charge in [0.2, 0.25) is 0 Å². The number of nitrogens with one attached hydrogen (secondary N) is 2. The van der Waals surface area contributed by atoms with Gasteiger partial charge in [-0.05, 0) is 37.5 Å². The summed E-state index contributed by atoms with van der Waals surface area (Å²) in [5, 5.41) is 5.48. The van der Waals surface area contributed by atoms with Crippen molar-refractivity contribution in [1.29, 1.82) is 0 Å². The molecule has 0 spiro atoms. The van der Waals surface area contributed by atoms with Crippen LogP contribution < -0.4 is 15.4 Å². The zero-order valence-electron chi connectivity index (χ0n) is 17.6. The molecule has 0 aliphatic carbocycles. The lowest BCUT2D eigenvalue weighted by Gasteiger charge is -2.42. The molecule has 2 aliphatic rings. The normalized spacial score (nSPS) is 23.2. The van der Waals surface area contributed by atoms with Crippen LogP contribution in [0.3, 0.4) is 0 Å². The number of amides is 3. The number of esters is 1. The molecule has 0 saturated carbocycles. The molecule has 0 unspecified atom stereocenters. The summed E-state index contributed by atoms with van der Waals surface area (Å²) in [5.74, 6) is -0.0844. The number of rotatable bonds is 5. The maximum atomic E-state index is 13.1. The molecule has 9 nitrogen and oxygen atoms in total. The summed E-state index contributed by atoms with van der Waals surface area (Å²) in [6.45, 7) is 2.80. The molecule has 2 heterocycles. The van der Waals surface area contributed by atoms with Gasteiger partial charge >= 0.3 is 12.0 Å². The van der Waals surface area contributed by atoms with Crippen LogP contribution >= 0.6 is 0 Å². The standard InChI is InChI=1S/C21H29N3O6/c1-4-9-22-21(27)23-13-5-8-17-15(10-13)20(26)24(2)16-7-6-14(11-19(25)28-3)30-18(16)12-29-17/h5,8,10,14,16,18H,4,6-7,9,11-12H2,1-3H3,(H2,22,23,27)/t14-,16-,18+/m1/s1. The van der Waals surface area contributed by atoms with E-state index in [0.717, 1.165) is 6.42 Å². The molecule has 3 atom stereocenters. The van der Waals surface area contributed by atoms with E-state index in [-0.39, 0.29) is 49.2 Å². The Hall–Kier alpha value is -2.81. The van der Waals surface area contributed by atoms with Crippen LogP contribution in [0.15, 0.2) is 18.2 Å². The van der Waals surface area contributed by atoms with Gasteiger partial charge in [-0.3, -0.25) is 9.59 Å². The van der Waals surface area contributed by atoms with Crippen LogP contribution in [0.2, 0.25) is 0 Å². The maximum absolute atomic E-state index is 13.1. The summed E-state index contributed by atoms with van der Waals surface area (Å²) in [6.07, 6.45) is 1.78. The third kappa shape index (κ3) is 5.02. The molecular formula is C21H29N3O6.